The Morgan fingerprint density at radius 1 is 1.15 bits per heavy atom. The Labute approximate surface area is 118 Å². The van der Waals surface area contributed by atoms with Gasteiger partial charge in [-0.2, -0.15) is 0 Å². The van der Waals surface area contributed by atoms with Crippen molar-refractivity contribution in [1.82, 2.24) is 4.98 Å². The van der Waals surface area contributed by atoms with Crippen molar-refractivity contribution in [3.63, 3.8) is 0 Å². The van der Waals surface area contributed by atoms with Gasteiger partial charge in [0, 0.05) is 10.6 Å². The maximum Gasteiger partial charge on any atom is 0.417 e. The number of aromatic amines is 1. The number of fused-ring (bicyclic) bond motifs is 1. The molecule has 0 saturated heterocycles. The smallest absolute Gasteiger partial charge is 0.408 e. The van der Waals surface area contributed by atoms with Gasteiger partial charge >= 0.3 is 5.76 Å². The van der Waals surface area contributed by atoms with E-state index in [1.807, 2.05) is 0 Å². The van der Waals surface area contributed by atoms with Crippen LogP contribution in [0.25, 0.3) is 11.1 Å². The molecule has 0 saturated carbocycles. The van der Waals surface area contributed by atoms with Crippen LogP contribution in [0.5, 0.6) is 0 Å². The van der Waals surface area contributed by atoms with Gasteiger partial charge in [-0.05, 0) is 36.4 Å². The van der Waals surface area contributed by atoms with Gasteiger partial charge in [0.2, 0.25) is 0 Å². The molecule has 0 bridgehead atoms. The Morgan fingerprint density at radius 2 is 1.90 bits per heavy atom. The fourth-order valence-corrected chi connectivity index (χ4v) is 2.00. The molecule has 1 aromatic heterocycles. The molecule has 1 heterocycles. The molecule has 2 aromatic carbocycles. The first-order valence-electron chi connectivity index (χ1n) is 5.82. The molecule has 6 heteroatoms. The Hall–Kier alpha value is -2.53. The summed E-state index contributed by atoms with van der Waals surface area (Å²) in [6.07, 6.45) is 0. The van der Waals surface area contributed by atoms with Crippen LogP contribution in [0, 0.1) is 0 Å². The number of para-hydroxylation sites is 1. The van der Waals surface area contributed by atoms with Crippen LogP contribution in [0.3, 0.4) is 0 Å². The Bertz CT molecular complexity index is 833. The van der Waals surface area contributed by atoms with Gasteiger partial charge in [0.1, 0.15) is 5.52 Å². The summed E-state index contributed by atoms with van der Waals surface area (Å²) in [4.78, 5) is 25.8. The Morgan fingerprint density at radius 3 is 2.65 bits per heavy atom. The van der Waals surface area contributed by atoms with E-state index in [0.29, 0.717) is 27.4 Å². The normalized spacial score (nSPS) is 10.7. The number of benzene rings is 2. The number of amides is 1. The maximum atomic E-state index is 12.1. The second-order valence-corrected chi connectivity index (χ2v) is 4.59. The molecule has 0 aliphatic carbocycles. The number of rotatable bonds is 2. The Kier molecular flexibility index (Phi) is 3.04. The molecule has 0 spiro atoms. The summed E-state index contributed by atoms with van der Waals surface area (Å²) in [5, 5.41) is 3.28. The average molecular weight is 289 g/mol. The summed E-state index contributed by atoms with van der Waals surface area (Å²) in [5.74, 6) is -0.857. The molecule has 2 N–H and O–H groups in total. The van der Waals surface area contributed by atoms with Crippen LogP contribution < -0.4 is 11.1 Å². The van der Waals surface area contributed by atoms with E-state index in [4.69, 9.17) is 16.0 Å². The van der Waals surface area contributed by atoms with Crippen LogP contribution in [0.2, 0.25) is 5.02 Å². The quantitative estimate of drug-likeness (QED) is 0.761. The molecule has 5 nitrogen and oxygen atoms in total. The largest absolute Gasteiger partial charge is 0.417 e. The summed E-state index contributed by atoms with van der Waals surface area (Å²) >= 11 is 5.77. The van der Waals surface area contributed by atoms with Gasteiger partial charge in [0.25, 0.3) is 5.91 Å². The highest BCUT2D eigenvalue weighted by atomic mass is 35.5. The third-order valence-corrected chi connectivity index (χ3v) is 3.06. The van der Waals surface area contributed by atoms with Gasteiger partial charge in [0.15, 0.2) is 5.58 Å². The van der Waals surface area contributed by atoms with E-state index in [0.717, 1.165) is 0 Å². The minimum atomic E-state index is -0.562. The number of oxazole rings is 1. The van der Waals surface area contributed by atoms with E-state index < -0.39 is 5.76 Å². The van der Waals surface area contributed by atoms with E-state index in [9.17, 15) is 9.59 Å². The molecule has 0 atom stereocenters. The summed E-state index contributed by atoms with van der Waals surface area (Å²) in [5.41, 5.74) is 1.80. The van der Waals surface area contributed by atoms with Gasteiger partial charge in [-0.25, -0.2) is 4.79 Å². The molecular formula is C14H9ClN2O3. The molecule has 1 amide bonds. The second kappa shape index (κ2) is 4.86. The van der Waals surface area contributed by atoms with E-state index in [-0.39, 0.29) is 5.91 Å². The zero-order chi connectivity index (χ0) is 14.1. The van der Waals surface area contributed by atoms with Gasteiger partial charge in [-0.3, -0.25) is 9.78 Å². The van der Waals surface area contributed by atoms with E-state index in [1.54, 1.807) is 42.5 Å². The molecule has 0 fully saturated rings. The SMILES string of the molecule is O=C(Nc1cccc2oc(=O)[nH]c12)c1ccc(Cl)cc1. The summed E-state index contributed by atoms with van der Waals surface area (Å²) in [7, 11) is 0. The van der Waals surface area contributed by atoms with Gasteiger partial charge in [-0.15, -0.1) is 0 Å². The van der Waals surface area contributed by atoms with Crippen molar-refractivity contribution in [2.24, 2.45) is 0 Å². The summed E-state index contributed by atoms with van der Waals surface area (Å²) in [6, 6.07) is 11.5. The van der Waals surface area contributed by atoms with Crippen molar-refractivity contribution in [3.05, 3.63) is 63.6 Å². The standard InChI is InChI=1S/C14H9ClN2O3/c15-9-6-4-8(5-7-9)13(18)16-10-2-1-3-11-12(10)17-14(19)20-11/h1-7H,(H,16,18)(H,17,19). The number of anilines is 1. The average Bonchev–Trinajstić information content (AvgIpc) is 2.81. The highest BCUT2D eigenvalue weighted by Gasteiger charge is 2.10. The molecule has 20 heavy (non-hydrogen) atoms. The van der Waals surface area contributed by atoms with Crippen molar-refractivity contribution < 1.29 is 9.21 Å². The van der Waals surface area contributed by atoms with Crippen molar-refractivity contribution in [2.45, 2.75) is 0 Å². The topological polar surface area (TPSA) is 75.1 Å². The fraction of sp³-hybridized carbons (Fsp3) is 0. The van der Waals surface area contributed by atoms with Crippen LogP contribution in [0.4, 0.5) is 5.69 Å². The second-order valence-electron chi connectivity index (χ2n) is 4.15. The maximum absolute atomic E-state index is 12.1. The zero-order valence-corrected chi connectivity index (χ0v) is 10.9. The molecule has 3 aromatic rings. The minimum Gasteiger partial charge on any atom is -0.408 e. The number of hydrogen-bond acceptors (Lipinski definition) is 3. The number of nitrogens with one attached hydrogen (secondary N) is 2. The first kappa shape index (κ1) is 12.5. The van der Waals surface area contributed by atoms with E-state index >= 15 is 0 Å². The van der Waals surface area contributed by atoms with Crippen molar-refractivity contribution in [3.8, 4) is 0 Å². The Balaban J connectivity index is 1.95. The van der Waals surface area contributed by atoms with Gasteiger partial charge in [0.05, 0.1) is 5.69 Å². The number of carbonyl (C=O) groups excluding carboxylic acids is 1. The molecule has 0 aliphatic heterocycles. The lowest BCUT2D eigenvalue weighted by Gasteiger charge is -2.05. The van der Waals surface area contributed by atoms with Gasteiger partial charge < -0.3 is 9.73 Å². The number of H-pyrrole nitrogens is 1. The molecule has 3 rings (SSSR count). The lowest BCUT2D eigenvalue weighted by atomic mass is 10.2. The first-order valence-corrected chi connectivity index (χ1v) is 6.20. The lowest BCUT2D eigenvalue weighted by molar-refractivity contribution is 0.102. The molecule has 0 radical (unpaired) electrons. The van der Waals surface area contributed by atoms with Crippen LogP contribution in [0.1, 0.15) is 10.4 Å². The van der Waals surface area contributed by atoms with Crippen LogP contribution in [-0.4, -0.2) is 10.9 Å². The van der Waals surface area contributed by atoms with Gasteiger partial charge in [-0.1, -0.05) is 17.7 Å². The third-order valence-electron chi connectivity index (χ3n) is 2.81. The molecule has 0 unspecified atom stereocenters. The number of carbonyl (C=O) groups is 1. The number of halogens is 1. The fourth-order valence-electron chi connectivity index (χ4n) is 1.87. The van der Waals surface area contributed by atoms with Crippen LogP contribution in [0.15, 0.2) is 51.7 Å². The van der Waals surface area contributed by atoms with E-state index in [1.165, 1.54) is 0 Å². The predicted molar refractivity (Wildman–Crippen MR) is 76.2 cm³/mol. The van der Waals surface area contributed by atoms with Crippen molar-refractivity contribution in [1.29, 1.82) is 0 Å². The van der Waals surface area contributed by atoms with Crippen LogP contribution in [-0.2, 0) is 0 Å². The predicted octanol–water partition coefficient (Wildman–Crippen LogP) is 3.03. The zero-order valence-electron chi connectivity index (χ0n) is 10.1. The third kappa shape index (κ3) is 2.31. The highest BCUT2D eigenvalue weighted by molar-refractivity contribution is 6.30. The lowest BCUT2D eigenvalue weighted by Crippen LogP contribution is -2.12. The molecule has 100 valence electrons. The summed E-state index contributed by atoms with van der Waals surface area (Å²) in [6.45, 7) is 0. The van der Waals surface area contributed by atoms with E-state index in [2.05, 4.69) is 10.3 Å². The summed E-state index contributed by atoms with van der Waals surface area (Å²) < 4.78 is 4.93. The van der Waals surface area contributed by atoms with Crippen LogP contribution >= 0.6 is 11.6 Å². The molecule has 0 aliphatic rings. The van der Waals surface area contributed by atoms with Crippen molar-refractivity contribution in [2.75, 3.05) is 5.32 Å². The number of hydrogen-bond donors (Lipinski definition) is 2. The number of aromatic nitrogens is 1. The van der Waals surface area contributed by atoms with Crippen molar-refractivity contribution >= 4 is 34.3 Å². The monoisotopic (exact) mass is 288 g/mol. The molecular weight excluding hydrogens is 280 g/mol. The minimum absolute atomic E-state index is 0.295. The highest BCUT2D eigenvalue weighted by Crippen LogP contribution is 2.21. The first-order chi connectivity index (χ1) is 9.63.